The van der Waals surface area contributed by atoms with E-state index in [-0.39, 0.29) is 37.8 Å². The number of methoxy groups -OCH3 is 1. The topological polar surface area (TPSA) is 81.9 Å². The molecule has 1 aliphatic heterocycles. The molecule has 1 aliphatic rings. The van der Waals surface area contributed by atoms with Crippen LogP contribution >= 0.6 is 0 Å². The number of esters is 1. The maximum Gasteiger partial charge on any atom is 0.308 e. The molecule has 1 heterocycles. The van der Waals surface area contributed by atoms with Crippen molar-refractivity contribution in [2.45, 2.75) is 38.4 Å². The summed E-state index contributed by atoms with van der Waals surface area (Å²) in [7, 11) is 1.64. The van der Waals surface area contributed by atoms with Crippen LogP contribution < -0.4 is 5.73 Å². The third-order valence-corrected chi connectivity index (χ3v) is 3.80. The fraction of sp³-hybridized carbons (Fsp3) is 0.846. The normalized spacial score (nSPS) is 17.6. The molecule has 0 unspecified atom stereocenters. The van der Waals surface area contributed by atoms with Crippen molar-refractivity contribution < 1.29 is 19.0 Å². The van der Waals surface area contributed by atoms with Gasteiger partial charge < -0.3 is 20.0 Å². The largest absolute Gasteiger partial charge is 0.469 e. The molecule has 20 heavy (non-hydrogen) atoms. The summed E-state index contributed by atoms with van der Waals surface area (Å²) in [5.41, 5.74) is 5.34. The zero-order valence-corrected chi connectivity index (χ0v) is 12.5. The Hall–Kier alpha value is -1.08. The molecule has 6 nitrogen and oxygen atoms in total. The molecule has 0 aliphatic carbocycles. The molecule has 0 radical (unpaired) electrons. The molecule has 0 aromatic carbocycles. The molecule has 1 amide bonds. The van der Waals surface area contributed by atoms with Gasteiger partial charge in [0.25, 0.3) is 7.48 Å². The fourth-order valence-electron chi connectivity index (χ4n) is 2.59. The summed E-state index contributed by atoms with van der Waals surface area (Å²) in [5.74, 6) is -0.781. The van der Waals surface area contributed by atoms with E-state index in [0.717, 1.165) is 25.9 Å². The van der Waals surface area contributed by atoms with Gasteiger partial charge in [0, 0.05) is 18.9 Å². The van der Waals surface area contributed by atoms with Crippen molar-refractivity contribution in [2.75, 3.05) is 26.9 Å². The Bertz CT molecular complexity index is 321. The molecule has 0 aromatic heterocycles. The van der Waals surface area contributed by atoms with Gasteiger partial charge in [0.05, 0.1) is 19.8 Å². The Morgan fingerprint density at radius 1 is 1.35 bits per heavy atom. The van der Waals surface area contributed by atoms with Crippen LogP contribution in [0.4, 0.5) is 0 Å². The smallest absolute Gasteiger partial charge is 0.308 e. The van der Waals surface area contributed by atoms with Crippen LogP contribution in [0.25, 0.3) is 0 Å². The van der Waals surface area contributed by atoms with Gasteiger partial charge in [0.15, 0.2) is 0 Å². The highest BCUT2D eigenvalue weighted by atomic mass is 16.5. The zero-order valence-electron chi connectivity index (χ0n) is 12.5. The SMILES string of the molecule is CC[C@@H](C[C@H](BOCN)C(=O)N1CCCC1)C(=O)OC. The summed E-state index contributed by atoms with van der Waals surface area (Å²) in [6, 6.07) is 0. The van der Waals surface area contributed by atoms with Crippen molar-refractivity contribution in [3.05, 3.63) is 0 Å². The molecular weight excluding hydrogens is 259 g/mol. The minimum absolute atomic E-state index is 0.0679. The number of hydrogen-bond acceptors (Lipinski definition) is 5. The summed E-state index contributed by atoms with van der Waals surface area (Å²) in [4.78, 5) is 26.0. The standard InChI is InChI=1S/C13H25BN2O4/c1-3-10(13(18)19-2)8-11(14-20-9-15)12(17)16-6-4-5-7-16/h10-11,14H,3-9,15H2,1-2H3/t10-,11-/m0/s1. The molecular formula is C13H25BN2O4. The minimum Gasteiger partial charge on any atom is -0.469 e. The van der Waals surface area contributed by atoms with E-state index in [2.05, 4.69) is 0 Å². The van der Waals surface area contributed by atoms with Crippen molar-refractivity contribution in [3.8, 4) is 0 Å². The highest BCUT2D eigenvalue weighted by Gasteiger charge is 2.32. The number of amides is 1. The number of carbonyl (C=O) groups is 2. The number of nitrogens with two attached hydrogens (primary N) is 1. The average molecular weight is 284 g/mol. The van der Waals surface area contributed by atoms with Crippen LogP contribution in [-0.2, 0) is 19.0 Å². The molecule has 0 bridgehead atoms. The number of likely N-dealkylation sites (tertiary alicyclic amines) is 1. The van der Waals surface area contributed by atoms with Gasteiger partial charge in [-0.05, 0) is 25.7 Å². The highest BCUT2D eigenvalue weighted by molar-refractivity contribution is 6.37. The minimum atomic E-state index is -0.319. The Labute approximate surface area is 121 Å². The van der Waals surface area contributed by atoms with E-state index in [4.69, 9.17) is 15.1 Å². The lowest BCUT2D eigenvalue weighted by molar-refractivity contribution is -0.146. The lowest BCUT2D eigenvalue weighted by atomic mass is 9.72. The monoisotopic (exact) mass is 284 g/mol. The van der Waals surface area contributed by atoms with Crippen molar-refractivity contribution in [1.82, 2.24) is 4.90 Å². The first kappa shape index (κ1) is 17.0. The number of ether oxygens (including phenoxy) is 1. The van der Waals surface area contributed by atoms with Crippen molar-refractivity contribution in [3.63, 3.8) is 0 Å². The number of hydrogen-bond donors (Lipinski definition) is 1. The Balaban J connectivity index is 2.66. The third kappa shape index (κ3) is 4.79. The third-order valence-electron chi connectivity index (χ3n) is 3.80. The first-order valence-corrected chi connectivity index (χ1v) is 7.28. The predicted molar refractivity (Wildman–Crippen MR) is 77.3 cm³/mol. The summed E-state index contributed by atoms with van der Waals surface area (Å²) in [6.45, 7) is 3.60. The van der Waals surface area contributed by atoms with Crippen molar-refractivity contribution in [2.24, 2.45) is 11.7 Å². The van der Waals surface area contributed by atoms with Gasteiger partial charge in [-0.15, -0.1) is 0 Å². The molecule has 0 saturated carbocycles. The van der Waals surface area contributed by atoms with Crippen LogP contribution in [0.3, 0.4) is 0 Å². The first-order chi connectivity index (χ1) is 9.63. The van der Waals surface area contributed by atoms with Crippen LogP contribution in [0.5, 0.6) is 0 Å². The summed E-state index contributed by atoms with van der Waals surface area (Å²) >= 11 is 0. The van der Waals surface area contributed by atoms with Crippen LogP contribution in [0.1, 0.15) is 32.6 Å². The van der Waals surface area contributed by atoms with Gasteiger partial charge >= 0.3 is 5.97 Å². The first-order valence-electron chi connectivity index (χ1n) is 7.28. The molecule has 2 N–H and O–H groups in total. The molecule has 0 aromatic rings. The van der Waals surface area contributed by atoms with Gasteiger partial charge in [-0.25, -0.2) is 0 Å². The second-order valence-electron chi connectivity index (χ2n) is 5.13. The Morgan fingerprint density at radius 2 is 2.00 bits per heavy atom. The maximum atomic E-state index is 12.5. The maximum absolute atomic E-state index is 12.5. The summed E-state index contributed by atoms with van der Waals surface area (Å²) < 4.78 is 10.00. The number of rotatable bonds is 8. The lowest BCUT2D eigenvalue weighted by Crippen LogP contribution is -2.36. The van der Waals surface area contributed by atoms with Gasteiger partial charge in [0.2, 0.25) is 5.91 Å². The van der Waals surface area contributed by atoms with E-state index >= 15 is 0 Å². The Morgan fingerprint density at radius 3 is 2.50 bits per heavy atom. The molecule has 114 valence electrons. The second-order valence-corrected chi connectivity index (χ2v) is 5.13. The van der Waals surface area contributed by atoms with Crippen LogP contribution in [0.2, 0.25) is 5.82 Å². The van der Waals surface area contributed by atoms with Crippen LogP contribution in [0.15, 0.2) is 0 Å². The van der Waals surface area contributed by atoms with Crippen molar-refractivity contribution >= 4 is 19.4 Å². The molecule has 7 heteroatoms. The van der Waals surface area contributed by atoms with E-state index in [1.165, 1.54) is 7.11 Å². The summed E-state index contributed by atoms with van der Waals surface area (Å²) in [5, 5.41) is 0. The number of carbonyl (C=O) groups excluding carboxylic acids is 2. The predicted octanol–water partition coefficient (Wildman–Crippen LogP) is 0.271. The molecule has 1 rings (SSSR count). The highest BCUT2D eigenvalue weighted by Crippen LogP contribution is 2.25. The lowest BCUT2D eigenvalue weighted by Gasteiger charge is -2.24. The van der Waals surface area contributed by atoms with E-state index < -0.39 is 0 Å². The van der Waals surface area contributed by atoms with Gasteiger partial charge in [0.1, 0.15) is 0 Å². The Kier molecular flexibility index (Phi) is 7.61. The van der Waals surface area contributed by atoms with Gasteiger partial charge in [-0.1, -0.05) is 6.92 Å². The van der Waals surface area contributed by atoms with E-state index in [1.54, 1.807) is 0 Å². The zero-order chi connectivity index (χ0) is 15.0. The van der Waals surface area contributed by atoms with Crippen LogP contribution in [-0.4, -0.2) is 51.2 Å². The number of nitrogens with zero attached hydrogens (tertiary/aromatic N) is 1. The molecule has 0 spiro atoms. The molecule has 1 fully saturated rings. The van der Waals surface area contributed by atoms with E-state index in [0.29, 0.717) is 12.8 Å². The molecule has 1 saturated heterocycles. The second kappa shape index (κ2) is 8.97. The van der Waals surface area contributed by atoms with Gasteiger partial charge in [-0.2, -0.15) is 0 Å². The quantitative estimate of drug-likeness (QED) is 0.393. The fourth-order valence-corrected chi connectivity index (χ4v) is 2.59. The van der Waals surface area contributed by atoms with Crippen LogP contribution in [0, 0.1) is 5.92 Å². The average Bonchev–Trinajstić information content (AvgIpc) is 3.00. The van der Waals surface area contributed by atoms with Gasteiger partial charge in [-0.3, -0.25) is 9.59 Å². The van der Waals surface area contributed by atoms with E-state index in [1.807, 2.05) is 11.8 Å². The molecule has 2 atom stereocenters. The summed E-state index contributed by atoms with van der Waals surface area (Å²) in [6.07, 6.45) is 3.20. The van der Waals surface area contributed by atoms with E-state index in [9.17, 15) is 9.59 Å². The van der Waals surface area contributed by atoms with Crippen molar-refractivity contribution in [1.29, 1.82) is 0 Å².